The molecule has 2 aromatic rings. The van der Waals surface area contributed by atoms with Crippen LogP contribution in [0.25, 0.3) is 0 Å². The number of amides is 2. The van der Waals surface area contributed by atoms with Crippen LogP contribution in [0.5, 0.6) is 0 Å². The Kier molecular flexibility index (Phi) is 6.12. The van der Waals surface area contributed by atoms with E-state index in [4.69, 9.17) is 0 Å². The molecule has 2 heterocycles. The standard InChI is InChI=1S/C17H20F3N5O/c1-4-13(12-6-5-7-21-9-12)25(3)16(26)22-10-15-23-11(2)8-14(24-15)17(18,19)20/h5-9,13H,4,10H2,1-3H3,(H,22,26)/t13-/m1/s1. The predicted octanol–water partition coefficient (Wildman–Crippen LogP) is 3.49. The highest BCUT2D eigenvalue weighted by atomic mass is 19.4. The summed E-state index contributed by atoms with van der Waals surface area (Å²) < 4.78 is 38.5. The highest BCUT2D eigenvalue weighted by molar-refractivity contribution is 5.74. The Morgan fingerprint density at radius 2 is 2.08 bits per heavy atom. The molecular formula is C17H20F3N5O. The van der Waals surface area contributed by atoms with E-state index in [1.54, 1.807) is 25.5 Å². The maximum absolute atomic E-state index is 12.8. The second-order valence-electron chi connectivity index (χ2n) is 5.79. The topological polar surface area (TPSA) is 71.0 Å². The van der Waals surface area contributed by atoms with Crippen molar-refractivity contribution < 1.29 is 18.0 Å². The lowest BCUT2D eigenvalue weighted by Gasteiger charge is -2.27. The van der Waals surface area contributed by atoms with E-state index >= 15 is 0 Å². The number of carbonyl (C=O) groups is 1. The summed E-state index contributed by atoms with van der Waals surface area (Å²) in [5, 5.41) is 2.56. The van der Waals surface area contributed by atoms with Crippen molar-refractivity contribution in [2.75, 3.05) is 7.05 Å². The second-order valence-corrected chi connectivity index (χ2v) is 5.79. The Bertz CT molecular complexity index is 752. The number of aryl methyl sites for hydroxylation is 1. The molecule has 9 heteroatoms. The van der Waals surface area contributed by atoms with Gasteiger partial charge in [0.2, 0.25) is 0 Å². The molecule has 0 saturated carbocycles. The quantitative estimate of drug-likeness (QED) is 0.878. The summed E-state index contributed by atoms with van der Waals surface area (Å²) >= 11 is 0. The van der Waals surface area contributed by atoms with Crippen LogP contribution in [0.1, 0.15) is 42.2 Å². The van der Waals surface area contributed by atoms with Crippen molar-refractivity contribution >= 4 is 6.03 Å². The number of rotatable bonds is 5. The molecule has 0 unspecified atom stereocenters. The molecule has 0 aliphatic carbocycles. The Hall–Kier alpha value is -2.71. The first kappa shape index (κ1) is 19.6. The zero-order valence-electron chi connectivity index (χ0n) is 14.7. The van der Waals surface area contributed by atoms with Gasteiger partial charge in [-0.3, -0.25) is 4.98 Å². The van der Waals surface area contributed by atoms with E-state index < -0.39 is 17.9 Å². The smallest absolute Gasteiger partial charge is 0.331 e. The van der Waals surface area contributed by atoms with Crippen molar-refractivity contribution in [3.8, 4) is 0 Å². The molecule has 0 fully saturated rings. The maximum atomic E-state index is 12.8. The molecule has 0 aliphatic heterocycles. The van der Waals surface area contributed by atoms with Gasteiger partial charge in [0.05, 0.1) is 12.6 Å². The van der Waals surface area contributed by atoms with Gasteiger partial charge in [-0.2, -0.15) is 13.2 Å². The second kappa shape index (κ2) is 8.11. The van der Waals surface area contributed by atoms with Crippen molar-refractivity contribution in [2.24, 2.45) is 0 Å². The third kappa shape index (κ3) is 4.90. The van der Waals surface area contributed by atoms with Gasteiger partial charge in [-0.1, -0.05) is 13.0 Å². The van der Waals surface area contributed by atoms with Crippen LogP contribution in [-0.4, -0.2) is 32.9 Å². The molecule has 140 valence electrons. The highest BCUT2D eigenvalue weighted by Crippen LogP contribution is 2.27. The fourth-order valence-electron chi connectivity index (χ4n) is 2.58. The maximum Gasteiger partial charge on any atom is 0.433 e. The number of alkyl halides is 3. The van der Waals surface area contributed by atoms with E-state index in [0.29, 0.717) is 6.42 Å². The Morgan fingerprint density at radius 1 is 1.35 bits per heavy atom. The molecular weight excluding hydrogens is 347 g/mol. The summed E-state index contributed by atoms with van der Waals surface area (Å²) in [5.74, 6) is -0.0894. The number of carbonyl (C=O) groups excluding carboxylic acids is 1. The van der Waals surface area contributed by atoms with Crippen molar-refractivity contribution in [3.05, 3.63) is 53.4 Å². The molecule has 2 rings (SSSR count). The van der Waals surface area contributed by atoms with Crippen LogP contribution < -0.4 is 5.32 Å². The third-order valence-electron chi connectivity index (χ3n) is 3.83. The van der Waals surface area contributed by atoms with Gasteiger partial charge < -0.3 is 10.2 Å². The van der Waals surface area contributed by atoms with E-state index in [1.807, 2.05) is 13.0 Å². The first-order valence-electron chi connectivity index (χ1n) is 8.04. The normalized spacial score (nSPS) is 12.5. The zero-order valence-corrected chi connectivity index (χ0v) is 14.7. The first-order chi connectivity index (χ1) is 12.2. The van der Waals surface area contributed by atoms with Crippen LogP contribution in [0.4, 0.5) is 18.0 Å². The average molecular weight is 367 g/mol. The minimum atomic E-state index is -4.56. The highest BCUT2D eigenvalue weighted by Gasteiger charge is 2.33. The fourth-order valence-corrected chi connectivity index (χ4v) is 2.58. The van der Waals surface area contributed by atoms with Crippen molar-refractivity contribution in [3.63, 3.8) is 0 Å². The van der Waals surface area contributed by atoms with E-state index in [0.717, 1.165) is 11.6 Å². The van der Waals surface area contributed by atoms with E-state index in [9.17, 15) is 18.0 Å². The zero-order chi connectivity index (χ0) is 19.3. The number of pyridine rings is 1. The molecule has 1 N–H and O–H groups in total. The van der Waals surface area contributed by atoms with Gasteiger partial charge in [0.25, 0.3) is 0 Å². The number of halogens is 3. The van der Waals surface area contributed by atoms with Gasteiger partial charge >= 0.3 is 12.2 Å². The van der Waals surface area contributed by atoms with Crippen LogP contribution in [0.3, 0.4) is 0 Å². The van der Waals surface area contributed by atoms with Crippen LogP contribution in [0.15, 0.2) is 30.6 Å². The predicted molar refractivity (Wildman–Crippen MR) is 89.0 cm³/mol. The van der Waals surface area contributed by atoms with Crippen molar-refractivity contribution in [1.29, 1.82) is 0 Å². The van der Waals surface area contributed by atoms with Gasteiger partial charge in [-0.05, 0) is 31.0 Å². The number of hydrogen-bond acceptors (Lipinski definition) is 4. The van der Waals surface area contributed by atoms with Crippen LogP contribution in [0, 0.1) is 6.92 Å². The van der Waals surface area contributed by atoms with Crippen LogP contribution >= 0.6 is 0 Å². The van der Waals surface area contributed by atoms with Crippen molar-refractivity contribution in [1.82, 2.24) is 25.2 Å². The lowest BCUT2D eigenvalue weighted by Crippen LogP contribution is -2.39. The summed E-state index contributed by atoms with van der Waals surface area (Å²) in [5.41, 5.74) is 0.0370. The van der Waals surface area contributed by atoms with Gasteiger partial charge in [-0.25, -0.2) is 14.8 Å². The van der Waals surface area contributed by atoms with E-state index in [1.165, 1.54) is 11.8 Å². The molecule has 2 amide bonds. The lowest BCUT2D eigenvalue weighted by atomic mass is 10.1. The Balaban J connectivity index is 2.07. The number of hydrogen-bond donors (Lipinski definition) is 1. The van der Waals surface area contributed by atoms with Gasteiger partial charge in [0.15, 0.2) is 0 Å². The largest absolute Gasteiger partial charge is 0.433 e. The number of aromatic nitrogens is 3. The fraction of sp³-hybridized carbons (Fsp3) is 0.412. The Morgan fingerprint density at radius 3 is 2.65 bits per heavy atom. The number of nitrogens with one attached hydrogen (secondary N) is 1. The van der Waals surface area contributed by atoms with Gasteiger partial charge in [-0.15, -0.1) is 0 Å². The number of urea groups is 1. The molecule has 0 bridgehead atoms. The molecule has 0 aromatic carbocycles. The minimum Gasteiger partial charge on any atom is -0.331 e. The summed E-state index contributed by atoms with van der Waals surface area (Å²) in [7, 11) is 1.62. The monoisotopic (exact) mass is 367 g/mol. The molecule has 6 nitrogen and oxygen atoms in total. The molecule has 0 aliphatic rings. The first-order valence-corrected chi connectivity index (χ1v) is 8.04. The molecule has 0 spiro atoms. The van der Waals surface area contributed by atoms with Gasteiger partial charge in [0.1, 0.15) is 11.5 Å². The summed E-state index contributed by atoms with van der Waals surface area (Å²) in [6, 6.07) is 3.88. The SMILES string of the molecule is CC[C@H](c1cccnc1)N(C)C(=O)NCc1nc(C)cc(C(F)(F)F)n1. The minimum absolute atomic E-state index is 0.0894. The van der Waals surface area contributed by atoms with Gasteiger partial charge in [0, 0.05) is 25.1 Å². The van der Waals surface area contributed by atoms with Crippen LogP contribution in [-0.2, 0) is 12.7 Å². The summed E-state index contributed by atoms with van der Waals surface area (Å²) in [4.78, 5) is 25.3. The average Bonchev–Trinajstić information content (AvgIpc) is 2.60. The van der Waals surface area contributed by atoms with Crippen molar-refractivity contribution in [2.45, 2.75) is 39.0 Å². The van der Waals surface area contributed by atoms with E-state index in [2.05, 4.69) is 20.3 Å². The molecule has 0 saturated heterocycles. The van der Waals surface area contributed by atoms with Crippen LogP contribution in [0.2, 0.25) is 0 Å². The Labute approximate surface area is 149 Å². The molecule has 0 radical (unpaired) electrons. The molecule has 1 atom stereocenters. The lowest BCUT2D eigenvalue weighted by molar-refractivity contribution is -0.141. The molecule has 2 aromatic heterocycles. The summed E-state index contributed by atoms with van der Waals surface area (Å²) in [6.45, 7) is 3.18. The summed E-state index contributed by atoms with van der Waals surface area (Å²) in [6.07, 6.45) is -0.577. The third-order valence-corrected chi connectivity index (χ3v) is 3.83. The molecule has 26 heavy (non-hydrogen) atoms. The van der Waals surface area contributed by atoms with E-state index in [-0.39, 0.29) is 24.1 Å². The number of nitrogens with zero attached hydrogens (tertiary/aromatic N) is 4.